The molecule has 6 nitrogen and oxygen atoms in total. The van der Waals surface area contributed by atoms with Crippen molar-refractivity contribution in [3.8, 4) is 0 Å². The number of hydrogen-bond acceptors (Lipinski definition) is 6. The highest BCUT2D eigenvalue weighted by atomic mass is 16.7. The van der Waals surface area contributed by atoms with E-state index in [0.29, 0.717) is 19.8 Å². The van der Waals surface area contributed by atoms with Crippen molar-refractivity contribution in [1.29, 1.82) is 0 Å². The fourth-order valence-electron chi connectivity index (χ4n) is 1.30. The van der Waals surface area contributed by atoms with Crippen LogP contribution >= 0.6 is 0 Å². The Balaban J connectivity index is 3.66. The summed E-state index contributed by atoms with van der Waals surface area (Å²) in [7, 11) is 1.47. The van der Waals surface area contributed by atoms with E-state index in [9.17, 15) is 0 Å². The first-order valence-electron chi connectivity index (χ1n) is 6.84. The zero-order valence-electron chi connectivity index (χ0n) is 12.3. The number of aliphatic hydroxyl groups is 1. The number of hydrogen-bond donors (Lipinski definition) is 1. The Morgan fingerprint density at radius 1 is 0.947 bits per heavy atom. The quantitative estimate of drug-likeness (QED) is 0.380. The summed E-state index contributed by atoms with van der Waals surface area (Å²) in [5.41, 5.74) is 0. The maximum Gasteiger partial charge on any atom is 0.181 e. The predicted molar refractivity (Wildman–Crippen MR) is 70.9 cm³/mol. The van der Waals surface area contributed by atoms with E-state index in [1.807, 2.05) is 6.92 Å². The number of rotatable bonds is 14. The highest BCUT2D eigenvalue weighted by Crippen LogP contribution is 2.00. The van der Waals surface area contributed by atoms with Gasteiger partial charge in [0.1, 0.15) is 6.61 Å². The molecule has 0 saturated heterocycles. The molecule has 116 valence electrons. The molecule has 0 aliphatic heterocycles. The molecule has 0 rings (SSSR count). The van der Waals surface area contributed by atoms with Gasteiger partial charge in [-0.1, -0.05) is 13.3 Å². The largest absolute Gasteiger partial charge is 0.391 e. The van der Waals surface area contributed by atoms with Gasteiger partial charge in [-0.25, -0.2) is 0 Å². The van der Waals surface area contributed by atoms with Crippen LogP contribution in [0.3, 0.4) is 0 Å². The fourth-order valence-corrected chi connectivity index (χ4v) is 1.30. The molecule has 19 heavy (non-hydrogen) atoms. The second-order valence-electron chi connectivity index (χ2n) is 3.90. The van der Waals surface area contributed by atoms with Crippen molar-refractivity contribution in [1.82, 2.24) is 0 Å². The van der Waals surface area contributed by atoms with Gasteiger partial charge in [-0.3, -0.25) is 0 Å². The van der Waals surface area contributed by atoms with Gasteiger partial charge in [-0.2, -0.15) is 0 Å². The molecule has 0 aliphatic carbocycles. The molecule has 0 fully saturated rings. The van der Waals surface area contributed by atoms with Crippen molar-refractivity contribution < 1.29 is 28.8 Å². The highest BCUT2D eigenvalue weighted by Gasteiger charge is 2.13. The van der Waals surface area contributed by atoms with E-state index >= 15 is 0 Å². The molecule has 0 aromatic rings. The first kappa shape index (κ1) is 18.8. The Morgan fingerprint density at radius 3 is 2.32 bits per heavy atom. The smallest absolute Gasteiger partial charge is 0.181 e. The lowest BCUT2D eigenvalue weighted by Gasteiger charge is -2.20. The number of aliphatic hydroxyl groups excluding tert-OH is 1. The zero-order chi connectivity index (χ0) is 14.3. The van der Waals surface area contributed by atoms with Crippen LogP contribution in [0.15, 0.2) is 0 Å². The molecular weight excluding hydrogens is 252 g/mol. The van der Waals surface area contributed by atoms with Crippen LogP contribution in [-0.2, 0) is 23.7 Å². The summed E-state index contributed by atoms with van der Waals surface area (Å²) in [6.07, 6.45) is 1.07. The maximum atomic E-state index is 8.91. The first-order valence-corrected chi connectivity index (χ1v) is 6.84. The summed E-state index contributed by atoms with van der Waals surface area (Å²) >= 11 is 0. The zero-order valence-corrected chi connectivity index (χ0v) is 12.3. The normalized spacial score (nSPS) is 14.5. The molecule has 0 radical (unpaired) electrons. The van der Waals surface area contributed by atoms with Gasteiger partial charge in [0.05, 0.1) is 19.8 Å². The van der Waals surface area contributed by atoms with Crippen LogP contribution in [0, 0.1) is 0 Å². The lowest BCUT2D eigenvalue weighted by atomic mass is 10.4. The van der Waals surface area contributed by atoms with Gasteiger partial charge in [0.25, 0.3) is 0 Å². The molecule has 0 amide bonds. The topological polar surface area (TPSA) is 66.4 Å². The van der Waals surface area contributed by atoms with Gasteiger partial charge in [-0.05, 0) is 13.3 Å². The van der Waals surface area contributed by atoms with Crippen LogP contribution in [0.25, 0.3) is 0 Å². The third-order valence-corrected chi connectivity index (χ3v) is 2.36. The maximum absolute atomic E-state index is 8.91. The third-order valence-electron chi connectivity index (χ3n) is 2.36. The minimum Gasteiger partial charge on any atom is -0.391 e. The third kappa shape index (κ3) is 11.3. The van der Waals surface area contributed by atoms with Crippen LogP contribution in [0.4, 0.5) is 0 Å². The lowest BCUT2D eigenvalue weighted by molar-refractivity contribution is -0.221. The van der Waals surface area contributed by atoms with Crippen molar-refractivity contribution >= 4 is 0 Å². The van der Waals surface area contributed by atoms with Gasteiger partial charge in [0.15, 0.2) is 12.6 Å². The lowest BCUT2D eigenvalue weighted by Crippen LogP contribution is -2.30. The van der Waals surface area contributed by atoms with Crippen molar-refractivity contribution in [2.24, 2.45) is 0 Å². The van der Waals surface area contributed by atoms with Gasteiger partial charge in [-0.15, -0.1) is 0 Å². The van der Waals surface area contributed by atoms with Crippen LogP contribution in [-0.4, -0.2) is 64.4 Å². The molecule has 0 bridgehead atoms. The minimum absolute atomic E-state index is 0.199. The summed E-state index contributed by atoms with van der Waals surface area (Å²) in [4.78, 5) is 0. The number of unbranched alkanes of at least 4 members (excludes halogenated alkanes) is 1. The Morgan fingerprint density at radius 2 is 1.74 bits per heavy atom. The second-order valence-corrected chi connectivity index (χ2v) is 3.90. The summed E-state index contributed by atoms with van der Waals surface area (Å²) in [6.45, 7) is 6.29. The van der Waals surface area contributed by atoms with Crippen molar-refractivity contribution in [3.05, 3.63) is 0 Å². The van der Waals surface area contributed by atoms with Crippen LogP contribution < -0.4 is 0 Å². The van der Waals surface area contributed by atoms with Crippen molar-refractivity contribution in [3.63, 3.8) is 0 Å². The van der Waals surface area contributed by atoms with Gasteiger partial charge < -0.3 is 28.8 Å². The molecule has 0 aliphatic rings. The predicted octanol–water partition coefficient (Wildman–Crippen LogP) is 1.16. The first-order chi connectivity index (χ1) is 9.28. The van der Waals surface area contributed by atoms with Gasteiger partial charge in [0.2, 0.25) is 0 Å². The van der Waals surface area contributed by atoms with Gasteiger partial charge in [0, 0.05) is 20.3 Å². The van der Waals surface area contributed by atoms with Gasteiger partial charge >= 0.3 is 0 Å². The summed E-state index contributed by atoms with van der Waals surface area (Å²) in [5, 5.41) is 8.91. The Bertz CT molecular complexity index is 175. The van der Waals surface area contributed by atoms with E-state index < -0.39 is 12.6 Å². The minimum atomic E-state index is -0.646. The van der Waals surface area contributed by atoms with Crippen LogP contribution in [0.1, 0.15) is 26.7 Å². The Hall–Kier alpha value is -0.240. The average molecular weight is 280 g/mol. The molecule has 0 aromatic heterocycles. The molecule has 2 atom stereocenters. The van der Waals surface area contributed by atoms with E-state index in [4.69, 9.17) is 28.8 Å². The van der Waals surface area contributed by atoms with Crippen molar-refractivity contribution in [2.45, 2.75) is 39.3 Å². The molecular formula is C13H28O6. The second kappa shape index (κ2) is 14.2. The average Bonchev–Trinajstić information content (AvgIpc) is 2.43. The standard InChI is InChI=1S/C13H28O6/c1-4-6-7-16-8-9-18-13(17-5-2)11-19-12(10-14)15-3/h12-14H,4-11H2,1-3H3. The summed E-state index contributed by atoms with van der Waals surface area (Å²) in [5.74, 6) is 0. The summed E-state index contributed by atoms with van der Waals surface area (Å²) < 4.78 is 26.4. The molecule has 0 spiro atoms. The van der Waals surface area contributed by atoms with E-state index in [1.54, 1.807) is 0 Å². The molecule has 0 aromatic carbocycles. The number of ether oxygens (including phenoxy) is 5. The molecule has 6 heteroatoms. The van der Waals surface area contributed by atoms with E-state index in [2.05, 4.69) is 6.92 Å². The Labute approximate surface area is 115 Å². The molecule has 1 N–H and O–H groups in total. The van der Waals surface area contributed by atoms with E-state index in [-0.39, 0.29) is 13.2 Å². The molecule has 0 saturated carbocycles. The highest BCUT2D eigenvalue weighted by molar-refractivity contribution is 4.46. The molecule has 2 unspecified atom stereocenters. The SMILES string of the molecule is CCCCOCCOC(COC(CO)OC)OCC. The Kier molecular flexibility index (Phi) is 14.0. The number of methoxy groups -OCH3 is 1. The monoisotopic (exact) mass is 280 g/mol. The summed E-state index contributed by atoms with van der Waals surface area (Å²) in [6, 6.07) is 0. The van der Waals surface area contributed by atoms with E-state index in [1.165, 1.54) is 7.11 Å². The van der Waals surface area contributed by atoms with Crippen LogP contribution in [0.2, 0.25) is 0 Å². The van der Waals surface area contributed by atoms with Crippen molar-refractivity contribution in [2.75, 3.05) is 46.8 Å². The molecule has 0 heterocycles. The van der Waals surface area contributed by atoms with E-state index in [0.717, 1.165) is 19.4 Å². The fraction of sp³-hybridized carbons (Fsp3) is 1.00. The van der Waals surface area contributed by atoms with Crippen LogP contribution in [0.5, 0.6) is 0 Å².